The zero-order chi connectivity index (χ0) is 14.2. The molecular weight excluding hydrogens is 280 g/mol. The highest BCUT2D eigenvalue weighted by atomic mass is 35.5. The average molecular weight is 297 g/mol. The SMILES string of the molecule is Clc1ccc2c(c1)C(CCc1c[nH]c3ccccc13)CN2. The molecule has 0 radical (unpaired) electrons. The first-order chi connectivity index (χ1) is 10.3. The van der Waals surface area contributed by atoms with Gasteiger partial charge in [-0.15, -0.1) is 0 Å². The molecule has 0 saturated heterocycles. The van der Waals surface area contributed by atoms with Gasteiger partial charge in [0.25, 0.3) is 0 Å². The van der Waals surface area contributed by atoms with E-state index in [0.29, 0.717) is 5.92 Å². The van der Waals surface area contributed by atoms with Crippen molar-refractivity contribution in [3.63, 3.8) is 0 Å². The molecule has 0 aliphatic carbocycles. The monoisotopic (exact) mass is 296 g/mol. The maximum Gasteiger partial charge on any atom is 0.0456 e. The molecule has 106 valence electrons. The Morgan fingerprint density at radius 3 is 3.00 bits per heavy atom. The van der Waals surface area contributed by atoms with E-state index in [4.69, 9.17) is 11.6 Å². The molecule has 2 aromatic carbocycles. The molecule has 0 amide bonds. The van der Waals surface area contributed by atoms with E-state index in [1.807, 2.05) is 6.07 Å². The Labute approximate surface area is 129 Å². The van der Waals surface area contributed by atoms with Crippen molar-refractivity contribution in [2.45, 2.75) is 18.8 Å². The van der Waals surface area contributed by atoms with Gasteiger partial charge in [0.05, 0.1) is 0 Å². The minimum absolute atomic E-state index is 0.548. The highest BCUT2D eigenvalue weighted by Gasteiger charge is 2.22. The first-order valence-electron chi connectivity index (χ1n) is 7.39. The number of hydrogen-bond acceptors (Lipinski definition) is 1. The van der Waals surface area contributed by atoms with Crippen LogP contribution in [0.25, 0.3) is 10.9 Å². The maximum absolute atomic E-state index is 6.13. The molecule has 0 spiro atoms. The molecule has 0 bridgehead atoms. The van der Waals surface area contributed by atoms with Crippen molar-refractivity contribution in [1.29, 1.82) is 0 Å². The second kappa shape index (κ2) is 5.12. The predicted molar refractivity (Wildman–Crippen MR) is 89.3 cm³/mol. The summed E-state index contributed by atoms with van der Waals surface area (Å²) in [7, 11) is 0. The number of benzene rings is 2. The maximum atomic E-state index is 6.13. The van der Waals surface area contributed by atoms with Crippen molar-refractivity contribution in [3.05, 3.63) is 64.8 Å². The zero-order valence-corrected chi connectivity index (χ0v) is 12.5. The first kappa shape index (κ1) is 12.8. The minimum atomic E-state index is 0.548. The largest absolute Gasteiger partial charge is 0.384 e. The lowest BCUT2D eigenvalue weighted by molar-refractivity contribution is 0.677. The highest BCUT2D eigenvalue weighted by Crippen LogP contribution is 2.36. The number of anilines is 1. The summed E-state index contributed by atoms with van der Waals surface area (Å²) < 4.78 is 0. The number of halogens is 1. The molecule has 1 unspecified atom stereocenters. The molecule has 1 aliphatic heterocycles. The molecular formula is C18H17ClN2. The molecule has 1 aromatic heterocycles. The van der Waals surface area contributed by atoms with Gasteiger partial charge in [0.2, 0.25) is 0 Å². The summed E-state index contributed by atoms with van der Waals surface area (Å²) in [5, 5.41) is 5.65. The zero-order valence-electron chi connectivity index (χ0n) is 11.7. The van der Waals surface area contributed by atoms with Crippen molar-refractivity contribution in [2.75, 3.05) is 11.9 Å². The van der Waals surface area contributed by atoms with Crippen LogP contribution in [0.4, 0.5) is 5.69 Å². The van der Waals surface area contributed by atoms with E-state index in [1.165, 1.54) is 27.7 Å². The summed E-state index contributed by atoms with van der Waals surface area (Å²) in [5.74, 6) is 0.548. The number of aryl methyl sites for hydroxylation is 1. The summed E-state index contributed by atoms with van der Waals surface area (Å²) in [6.45, 7) is 1.01. The van der Waals surface area contributed by atoms with Gasteiger partial charge in [-0.05, 0) is 48.2 Å². The van der Waals surface area contributed by atoms with Crippen LogP contribution in [0.15, 0.2) is 48.7 Å². The molecule has 3 heteroatoms. The van der Waals surface area contributed by atoms with E-state index < -0.39 is 0 Å². The smallest absolute Gasteiger partial charge is 0.0456 e. The van der Waals surface area contributed by atoms with Gasteiger partial charge in [-0.2, -0.15) is 0 Å². The lowest BCUT2D eigenvalue weighted by Gasteiger charge is -2.10. The number of nitrogens with one attached hydrogen (secondary N) is 2. The third-order valence-corrected chi connectivity index (χ3v) is 4.66. The van der Waals surface area contributed by atoms with Gasteiger partial charge in [0, 0.05) is 40.3 Å². The van der Waals surface area contributed by atoms with Crippen LogP contribution in [0, 0.1) is 0 Å². The lowest BCUT2D eigenvalue weighted by Crippen LogP contribution is -2.03. The van der Waals surface area contributed by atoms with E-state index in [0.717, 1.165) is 24.4 Å². The third kappa shape index (κ3) is 2.30. The molecule has 21 heavy (non-hydrogen) atoms. The number of aromatic amines is 1. The summed E-state index contributed by atoms with van der Waals surface area (Å²) >= 11 is 6.13. The summed E-state index contributed by atoms with van der Waals surface area (Å²) in [5.41, 5.74) is 5.23. The Morgan fingerprint density at radius 1 is 1.14 bits per heavy atom. The van der Waals surface area contributed by atoms with E-state index in [9.17, 15) is 0 Å². The molecule has 1 atom stereocenters. The first-order valence-corrected chi connectivity index (χ1v) is 7.77. The number of aromatic nitrogens is 1. The second-order valence-corrected chi connectivity index (χ2v) is 6.14. The van der Waals surface area contributed by atoms with Crippen molar-refractivity contribution >= 4 is 28.2 Å². The Hall–Kier alpha value is -1.93. The molecule has 2 N–H and O–H groups in total. The minimum Gasteiger partial charge on any atom is -0.384 e. The Kier molecular flexibility index (Phi) is 3.12. The van der Waals surface area contributed by atoms with Crippen LogP contribution in [-0.2, 0) is 6.42 Å². The normalized spacial score (nSPS) is 16.9. The van der Waals surface area contributed by atoms with Gasteiger partial charge >= 0.3 is 0 Å². The van der Waals surface area contributed by atoms with E-state index in [1.54, 1.807) is 0 Å². The molecule has 1 aliphatic rings. The van der Waals surface area contributed by atoms with Gasteiger partial charge < -0.3 is 10.3 Å². The van der Waals surface area contributed by atoms with Gasteiger partial charge in [0.1, 0.15) is 0 Å². The topological polar surface area (TPSA) is 27.8 Å². The lowest BCUT2D eigenvalue weighted by atomic mass is 9.94. The number of fused-ring (bicyclic) bond motifs is 2. The Bertz CT molecular complexity index is 791. The average Bonchev–Trinajstić information content (AvgIpc) is 3.09. The molecule has 3 aromatic rings. The van der Waals surface area contributed by atoms with Crippen LogP contribution in [0.2, 0.25) is 5.02 Å². The van der Waals surface area contributed by atoms with Gasteiger partial charge in [0.15, 0.2) is 0 Å². The fraction of sp³-hybridized carbons (Fsp3) is 0.222. The van der Waals surface area contributed by atoms with Crippen LogP contribution >= 0.6 is 11.6 Å². The van der Waals surface area contributed by atoms with Crippen molar-refractivity contribution < 1.29 is 0 Å². The van der Waals surface area contributed by atoms with Crippen LogP contribution in [0.1, 0.15) is 23.5 Å². The van der Waals surface area contributed by atoms with Crippen LogP contribution < -0.4 is 5.32 Å². The third-order valence-electron chi connectivity index (χ3n) is 4.43. The molecule has 2 heterocycles. The van der Waals surface area contributed by atoms with Gasteiger partial charge in [-0.25, -0.2) is 0 Å². The number of para-hydroxylation sites is 1. The molecule has 0 saturated carbocycles. The van der Waals surface area contributed by atoms with E-state index in [-0.39, 0.29) is 0 Å². The standard InChI is InChI=1S/C18H17ClN2/c19-14-7-8-18-16(9-14)13(11-21-18)6-5-12-10-20-17-4-2-1-3-15(12)17/h1-4,7-10,13,20-21H,5-6,11H2. The fourth-order valence-electron chi connectivity index (χ4n) is 3.30. The Balaban J connectivity index is 1.55. The summed E-state index contributed by atoms with van der Waals surface area (Å²) in [6, 6.07) is 14.6. The second-order valence-electron chi connectivity index (χ2n) is 5.71. The number of H-pyrrole nitrogens is 1. The highest BCUT2D eigenvalue weighted by molar-refractivity contribution is 6.30. The number of hydrogen-bond donors (Lipinski definition) is 2. The summed E-state index contributed by atoms with van der Waals surface area (Å²) in [6.07, 6.45) is 4.37. The molecule has 0 fully saturated rings. The fourth-order valence-corrected chi connectivity index (χ4v) is 3.48. The van der Waals surface area contributed by atoms with E-state index in [2.05, 4.69) is 52.9 Å². The van der Waals surface area contributed by atoms with Crippen LogP contribution in [-0.4, -0.2) is 11.5 Å². The predicted octanol–water partition coefficient (Wildman–Crippen LogP) is 4.96. The summed E-state index contributed by atoms with van der Waals surface area (Å²) in [4.78, 5) is 3.36. The number of rotatable bonds is 3. The molecule has 4 rings (SSSR count). The van der Waals surface area contributed by atoms with Crippen LogP contribution in [0.3, 0.4) is 0 Å². The van der Waals surface area contributed by atoms with Gasteiger partial charge in [-0.1, -0.05) is 29.8 Å². The quantitative estimate of drug-likeness (QED) is 0.702. The van der Waals surface area contributed by atoms with E-state index >= 15 is 0 Å². The van der Waals surface area contributed by atoms with Crippen molar-refractivity contribution in [1.82, 2.24) is 4.98 Å². The van der Waals surface area contributed by atoms with Crippen molar-refractivity contribution in [3.8, 4) is 0 Å². The van der Waals surface area contributed by atoms with Crippen LogP contribution in [0.5, 0.6) is 0 Å². The molecule has 2 nitrogen and oxygen atoms in total. The van der Waals surface area contributed by atoms with Crippen molar-refractivity contribution in [2.24, 2.45) is 0 Å². The Morgan fingerprint density at radius 2 is 2.05 bits per heavy atom. The van der Waals surface area contributed by atoms with Gasteiger partial charge in [-0.3, -0.25) is 0 Å².